The van der Waals surface area contributed by atoms with Crippen LogP contribution in [-0.2, 0) is 6.54 Å². The van der Waals surface area contributed by atoms with Crippen molar-refractivity contribution in [3.63, 3.8) is 0 Å². The van der Waals surface area contributed by atoms with Crippen LogP contribution in [0, 0.1) is 0 Å². The van der Waals surface area contributed by atoms with Crippen LogP contribution in [0.25, 0.3) is 0 Å². The lowest BCUT2D eigenvalue weighted by Crippen LogP contribution is -2.37. The van der Waals surface area contributed by atoms with Gasteiger partial charge in [-0.3, -0.25) is 0 Å². The van der Waals surface area contributed by atoms with Gasteiger partial charge in [-0.05, 0) is 30.2 Å². The Kier molecular flexibility index (Phi) is 4.77. The number of hydrogen-bond acceptors (Lipinski definition) is 3. The maximum absolute atomic E-state index is 5.73. The molecule has 0 saturated carbocycles. The van der Waals surface area contributed by atoms with Crippen LogP contribution in [0.5, 0.6) is 0 Å². The molecular weight excluding hydrogens is 296 g/mol. The number of benzene rings is 1. The minimum absolute atomic E-state index is 0.603. The predicted octanol–water partition coefficient (Wildman–Crippen LogP) is 3.24. The summed E-state index contributed by atoms with van der Waals surface area (Å²) < 4.78 is 1.13. The smallest absolute Gasteiger partial charge is 0.0381 e. The Balaban J connectivity index is 2.18. The summed E-state index contributed by atoms with van der Waals surface area (Å²) >= 11 is 5.66. The number of nitrogens with zero attached hydrogens (tertiary/aromatic N) is 1. The van der Waals surface area contributed by atoms with Crippen molar-refractivity contribution < 1.29 is 0 Å². The molecule has 1 fully saturated rings. The van der Waals surface area contributed by atoms with E-state index in [4.69, 9.17) is 5.73 Å². The van der Waals surface area contributed by atoms with E-state index in [1.165, 1.54) is 23.4 Å². The Bertz CT molecular complexity index is 384. The van der Waals surface area contributed by atoms with Crippen LogP contribution in [0.2, 0.25) is 0 Å². The van der Waals surface area contributed by atoms with Gasteiger partial charge in [0.2, 0.25) is 0 Å². The van der Waals surface area contributed by atoms with E-state index in [0.717, 1.165) is 22.8 Å². The maximum atomic E-state index is 5.73. The second kappa shape index (κ2) is 6.12. The third-order valence-corrected chi connectivity index (χ3v) is 4.97. The molecule has 0 bridgehead atoms. The normalized spacial score (nSPS) is 20.6. The number of hydrogen-bond donors (Lipinski definition) is 1. The summed E-state index contributed by atoms with van der Waals surface area (Å²) in [5.41, 5.74) is 8.23. The highest BCUT2D eigenvalue weighted by Gasteiger charge is 2.19. The van der Waals surface area contributed by atoms with Gasteiger partial charge >= 0.3 is 0 Å². The number of anilines is 1. The van der Waals surface area contributed by atoms with Crippen molar-refractivity contribution in [2.75, 3.05) is 23.7 Å². The van der Waals surface area contributed by atoms with E-state index in [2.05, 4.69) is 57.7 Å². The van der Waals surface area contributed by atoms with Crippen molar-refractivity contribution in [1.29, 1.82) is 0 Å². The molecule has 0 aromatic heterocycles. The fourth-order valence-corrected chi connectivity index (χ4v) is 3.84. The highest BCUT2D eigenvalue weighted by Crippen LogP contribution is 2.28. The standard InChI is InChI=1S/C13H19BrN2S/c1-2-13-9-16(3-4-17-13)12-6-10(8-15)5-11(14)7-12/h5-7,13H,2-4,8-9,15H2,1H3. The molecule has 94 valence electrons. The molecular formula is C13H19BrN2S. The van der Waals surface area contributed by atoms with Gasteiger partial charge in [0.1, 0.15) is 0 Å². The molecule has 2 nitrogen and oxygen atoms in total. The molecule has 1 heterocycles. The monoisotopic (exact) mass is 314 g/mol. The van der Waals surface area contributed by atoms with Crippen molar-refractivity contribution >= 4 is 33.4 Å². The third-order valence-electron chi connectivity index (χ3n) is 3.14. The van der Waals surface area contributed by atoms with Crippen LogP contribution in [-0.4, -0.2) is 24.1 Å². The zero-order valence-corrected chi connectivity index (χ0v) is 12.6. The van der Waals surface area contributed by atoms with Crippen molar-refractivity contribution in [3.05, 3.63) is 28.2 Å². The number of halogens is 1. The van der Waals surface area contributed by atoms with Gasteiger partial charge in [0, 0.05) is 40.8 Å². The van der Waals surface area contributed by atoms with E-state index in [0.29, 0.717) is 6.54 Å². The summed E-state index contributed by atoms with van der Waals surface area (Å²) in [5.74, 6) is 1.23. The molecule has 17 heavy (non-hydrogen) atoms. The lowest BCUT2D eigenvalue weighted by atomic mass is 10.1. The average Bonchev–Trinajstić information content (AvgIpc) is 2.38. The quantitative estimate of drug-likeness (QED) is 0.928. The predicted molar refractivity (Wildman–Crippen MR) is 80.8 cm³/mol. The molecule has 0 spiro atoms. The van der Waals surface area contributed by atoms with Gasteiger partial charge in [0.15, 0.2) is 0 Å². The van der Waals surface area contributed by atoms with E-state index >= 15 is 0 Å². The second-order valence-electron chi connectivity index (χ2n) is 4.37. The van der Waals surface area contributed by atoms with E-state index in [1.54, 1.807) is 0 Å². The van der Waals surface area contributed by atoms with Gasteiger partial charge in [0.05, 0.1) is 0 Å². The number of nitrogens with two attached hydrogens (primary N) is 1. The van der Waals surface area contributed by atoms with Crippen LogP contribution in [0.4, 0.5) is 5.69 Å². The molecule has 1 aromatic rings. The van der Waals surface area contributed by atoms with Gasteiger partial charge in [-0.1, -0.05) is 22.9 Å². The largest absolute Gasteiger partial charge is 0.370 e. The lowest BCUT2D eigenvalue weighted by molar-refractivity contribution is 0.727. The highest BCUT2D eigenvalue weighted by atomic mass is 79.9. The highest BCUT2D eigenvalue weighted by molar-refractivity contribution is 9.10. The van der Waals surface area contributed by atoms with Crippen molar-refractivity contribution in [1.82, 2.24) is 0 Å². The Labute approximate surface area is 116 Å². The molecule has 0 radical (unpaired) electrons. The summed E-state index contributed by atoms with van der Waals surface area (Å²) in [7, 11) is 0. The molecule has 0 aliphatic carbocycles. The van der Waals surface area contributed by atoms with E-state index < -0.39 is 0 Å². The zero-order chi connectivity index (χ0) is 12.3. The Hall–Kier alpha value is -0.190. The van der Waals surface area contributed by atoms with Crippen LogP contribution in [0.1, 0.15) is 18.9 Å². The van der Waals surface area contributed by atoms with Gasteiger partial charge in [0.25, 0.3) is 0 Å². The summed E-state index contributed by atoms with van der Waals surface area (Å²) in [6.07, 6.45) is 1.25. The Morgan fingerprint density at radius 1 is 1.47 bits per heavy atom. The van der Waals surface area contributed by atoms with E-state index in [-0.39, 0.29) is 0 Å². The number of rotatable bonds is 3. The van der Waals surface area contributed by atoms with Crippen LogP contribution < -0.4 is 10.6 Å². The molecule has 2 N–H and O–H groups in total. The topological polar surface area (TPSA) is 29.3 Å². The molecule has 1 aromatic carbocycles. The zero-order valence-electron chi connectivity index (χ0n) is 10.2. The van der Waals surface area contributed by atoms with Gasteiger partial charge in [-0.2, -0.15) is 11.8 Å². The molecule has 2 rings (SSSR count). The second-order valence-corrected chi connectivity index (χ2v) is 6.69. The number of thioether (sulfide) groups is 1. The molecule has 4 heteroatoms. The Morgan fingerprint density at radius 2 is 2.29 bits per heavy atom. The molecule has 1 aliphatic rings. The molecule has 1 aliphatic heterocycles. The average molecular weight is 315 g/mol. The van der Waals surface area contributed by atoms with Gasteiger partial charge < -0.3 is 10.6 Å². The fraction of sp³-hybridized carbons (Fsp3) is 0.538. The van der Waals surface area contributed by atoms with Crippen LogP contribution in [0.15, 0.2) is 22.7 Å². The Morgan fingerprint density at radius 3 is 3.00 bits per heavy atom. The lowest BCUT2D eigenvalue weighted by Gasteiger charge is -2.34. The minimum Gasteiger partial charge on any atom is -0.370 e. The maximum Gasteiger partial charge on any atom is 0.0381 e. The first kappa shape index (κ1) is 13.2. The third kappa shape index (κ3) is 3.39. The van der Waals surface area contributed by atoms with Crippen LogP contribution in [0.3, 0.4) is 0 Å². The van der Waals surface area contributed by atoms with Crippen LogP contribution >= 0.6 is 27.7 Å². The summed E-state index contributed by atoms with van der Waals surface area (Å²) in [6.45, 7) is 5.17. The van der Waals surface area contributed by atoms with Crippen molar-refractivity contribution in [2.45, 2.75) is 25.1 Å². The first-order valence-corrected chi connectivity index (χ1v) is 7.93. The molecule has 1 saturated heterocycles. The SMILES string of the molecule is CCC1CN(c2cc(Br)cc(CN)c2)CCS1. The molecule has 1 unspecified atom stereocenters. The summed E-state index contributed by atoms with van der Waals surface area (Å²) in [4.78, 5) is 2.48. The first-order chi connectivity index (χ1) is 8.22. The molecule has 0 amide bonds. The van der Waals surface area contributed by atoms with Crippen molar-refractivity contribution in [2.24, 2.45) is 5.73 Å². The van der Waals surface area contributed by atoms with Crippen molar-refractivity contribution in [3.8, 4) is 0 Å². The summed E-state index contributed by atoms with van der Waals surface area (Å²) in [6, 6.07) is 6.51. The summed E-state index contributed by atoms with van der Waals surface area (Å²) in [5, 5.41) is 0.768. The fourth-order valence-electron chi connectivity index (χ4n) is 2.13. The van der Waals surface area contributed by atoms with Gasteiger partial charge in [-0.25, -0.2) is 0 Å². The minimum atomic E-state index is 0.603. The van der Waals surface area contributed by atoms with Gasteiger partial charge in [-0.15, -0.1) is 0 Å². The van der Waals surface area contributed by atoms with E-state index in [1.807, 2.05) is 0 Å². The van der Waals surface area contributed by atoms with E-state index in [9.17, 15) is 0 Å². The molecule has 1 atom stereocenters. The first-order valence-electron chi connectivity index (χ1n) is 6.09.